The van der Waals surface area contributed by atoms with Gasteiger partial charge in [-0.05, 0) is 52.4 Å². The molecule has 2 saturated heterocycles. The number of phenolic OH excluding ortho intramolecular Hbond substituents is 1. The van der Waals surface area contributed by atoms with E-state index in [0.717, 1.165) is 12.0 Å². The molecule has 0 spiro atoms. The average molecular weight is 616 g/mol. The summed E-state index contributed by atoms with van der Waals surface area (Å²) in [5.41, 5.74) is 0.936. The molecule has 2 heterocycles. The summed E-state index contributed by atoms with van der Waals surface area (Å²) in [4.78, 5) is 63.0. The number of likely N-dealkylation sites (tertiary alicyclic amines) is 2. The van der Waals surface area contributed by atoms with Gasteiger partial charge in [0, 0.05) is 13.0 Å². The molecule has 3 fully saturated rings. The van der Waals surface area contributed by atoms with Crippen LogP contribution < -0.4 is 4.74 Å². The van der Waals surface area contributed by atoms with Gasteiger partial charge in [-0.2, -0.15) is 4.90 Å². The third kappa shape index (κ3) is 3.13. The largest absolute Gasteiger partial charge is 0.503 e. The van der Waals surface area contributed by atoms with E-state index >= 15 is 0 Å². The van der Waals surface area contributed by atoms with Gasteiger partial charge in [-0.3, -0.25) is 24.1 Å². The molecule has 1 aromatic carbocycles. The summed E-state index contributed by atoms with van der Waals surface area (Å²) in [5.74, 6) is -6.70. The van der Waals surface area contributed by atoms with Crippen molar-refractivity contribution in [2.75, 3.05) is 21.3 Å². The first-order chi connectivity index (χ1) is 17.3. The number of allylic oxidation sites excluding steroid dienone is 2. The van der Waals surface area contributed by atoms with Crippen LogP contribution in [-0.4, -0.2) is 75.6 Å². The number of ether oxygens (including phenoxy) is 2. The van der Waals surface area contributed by atoms with Gasteiger partial charge in [0.25, 0.3) is 11.8 Å². The third-order valence-corrected chi connectivity index (χ3v) is 9.99. The van der Waals surface area contributed by atoms with Crippen molar-refractivity contribution in [2.45, 2.75) is 28.5 Å². The molecule has 37 heavy (non-hydrogen) atoms. The maximum absolute atomic E-state index is 13.5. The maximum atomic E-state index is 13.5. The SMILES string of the molecule is COC(=O)N1C(=O)[C@H]2[C@H](CC=C3[C@H]2C[C@@]2(Cl)C(=O)N(C)C(=O)[C@@]2(Cl)[C@H]3c2cc(Br)c(O)c(OC)c2)C1=O. The van der Waals surface area contributed by atoms with Crippen LogP contribution in [0, 0.1) is 17.8 Å². The second-order valence-corrected chi connectivity index (χ2v) is 11.6. The zero-order chi connectivity index (χ0) is 27.2. The molecule has 0 unspecified atom stereocenters. The number of hydrogen-bond acceptors (Lipinski definition) is 8. The molecular weight excluding hydrogens is 595 g/mol. The van der Waals surface area contributed by atoms with E-state index in [-0.39, 0.29) is 28.8 Å². The molecule has 2 aliphatic heterocycles. The molecule has 2 aliphatic carbocycles. The van der Waals surface area contributed by atoms with E-state index in [0.29, 0.717) is 16.0 Å². The fraction of sp³-hybridized carbons (Fsp3) is 0.458. The molecule has 1 saturated carbocycles. The number of hydrogen-bond donors (Lipinski definition) is 1. The first-order valence-electron chi connectivity index (χ1n) is 11.3. The van der Waals surface area contributed by atoms with Gasteiger partial charge in [0.15, 0.2) is 21.2 Å². The Bertz CT molecular complexity index is 1330. The van der Waals surface area contributed by atoms with Crippen molar-refractivity contribution >= 4 is 68.9 Å². The Kier molecular flexibility index (Phi) is 5.93. The maximum Gasteiger partial charge on any atom is 0.423 e. The van der Waals surface area contributed by atoms with Crippen LogP contribution in [0.3, 0.4) is 0 Å². The second kappa shape index (κ2) is 8.44. The molecule has 5 amide bonds. The Balaban J connectivity index is 1.74. The van der Waals surface area contributed by atoms with E-state index in [9.17, 15) is 29.1 Å². The van der Waals surface area contributed by atoms with Gasteiger partial charge in [-0.1, -0.05) is 11.6 Å². The smallest absolute Gasteiger partial charge is 0.423 e. The lowest BCUT2D eigenvalue weighted by atomic mass is 9.56. The molecule has 1 N–H and O–H groups in total. The van der Waals surface area contributed by atoms with Crippen molar-refractivity contribution in [3.05, 3.63) is 33.8 Å². The van der Waals surface area contributed by atoms with Crippen LogP contribution in [0.4, 0.5) is 4.79 Å². The Hall–Kier alpha value is -2.63. The number of methoxy groups -OCH3 is 2. The highest BCUT2D eigenvalue weighted by atomic mass is 79.9. The number of nitrogens with zero attached hydrogens (tertiary/aromatic N) is 2. The van der Waals surface area contributed by atoms with Gasteiger partial charge in [0.1, 0.15) is 0 Å². The molecule has 0 bridgehead atoms. The highest BCUT2D eigenvalue weighted by molar-refractivity contribution is 9.10. The molecule has 0 aromatic heterocycles. The van der Waals surface area contributed by atoms with Gasteiger partial charge in [-0.25, -0.2) is 4.79 Å². The van der Waals surface area contributed by atoms with Crippen molar-refractivity contribution in [1.82, 2.24) is 9.80 Å². The van der Waals surface area contributed by atoms with Gasteiger partial charge in [0.05, 0.1) is 30.5 Å². The number of halogens is 3. The summed E-state index contributed by atoms with van der Waals surface area (Å²) < 4.78 is 10.2. The molecule has 0 radical (unpaired) electrons. The predicted octanol–water partition coefficient (Wildman–Crippen LogP) is 2.92. The van der Waals surface area contributed by atoms with Gasteiger partial charge in [0.2, 0.25) is 11.8 Å². The highest BCUT2D eigenvalue weighted by Gasteiger charge is 2.76. The summed E-state index contributed by atoms with van der Waals surface area (Å²) in [5, 5.41) is 10.4. The number of phenols is 1. The van der Waals surface area contributed by atoms with Crippen molar-refractivity contribution in [3.8, 4) is 11.5 Å². The van der Waals surface area contributed by atoms with Crippen LogP contribution in [0.5, 0.6) is 11.5 Å². The van der Waals surface area contributed by atoms with E-state index in [1.807, 2.05) is 0 Å². The van der Waals surface area contributed by atoms with E-state index in [1.54, 1.807) is 6.08 Å². The minimum atomic E-state index is -1.98. The Morgan fingerprint density at radius 1 is 1.11 bits per heavy atom. The molecule has 13 heteroatoms. The number of carbonyl (C=O) groups excluding carboxylic acids is 5. The Labute approximate surface area is 229 Å². The molecule has 4 aliphatic rings. The number of aromatic hydroxyl groups is 1. The molecule has 6 atom stereocenters. The van der Waals surface area contributed by atoms with Gasteiger partial charge in [-0.15, -0.1) is 23.2 Å². The minimum absolute atomic E-state index is 0.0790. The Morgan fingerprint density at radius 2 is 1.78 bits per heavy atom. The normalized spacial score (nSPS) is 34.7. The quantitative estimate of drug-likeness (QED) is 0.305. The van der Waals surface area contributed by atoms with E-state index in [2.05, 4.69) is 20.7 Å². The van der Waals surface area contributed by atoms with E-state index in [1.165, 1.54) is 26.3 Å². The van der Waals surface area contributed by atoms with Crippen LogP contribution in [-0.2, 0) is 23.9 Å². The van der Waals surface area contributed by atoms with Crippen molar-refractivity contribution in [1.29, 1.82) is 0 Å². The predicted molar refractivity (Wildman–Crippen MR) is 132 cm³/mol. The van der Waals surface area contributed by atoms with Crippen LogP contribution >= 0.6 is 39.1 Å². The summed E-state index contributed by atoms with van der Waals surface area (Å²) >= 11 is 17.4. The zero-order valence-electron chi connectivity index (χ0n) is 19.8. The number of carbonyl (C=O) groups is 5. The topological polar surface area (TPSA) is 131 Å². The lowest BCUT2D eigenvalue weighted by molar-refractivity contribution is -0.139. The fourth-order valence-electron chi connectivity index (χ4n) is 6.31. The average Bonchev–Trinajstić information content (AvgIpc) is 3.20. The van der Waals surface area contributed by atoms with Crippen LogP contribution in [0.25, 0.3) is 0 Å². The van der Waals surface area contributed by atoms with Gasteiger partial charge < -0.3 is 14.6 Å². The van der Waals surface area contributed by atoms with Crippen molar-refractivity contribution in [3.63, 3.8) is 0 Å². The number of rotatable bonds is 2. The first-order valence-corrected chi connectivity index (χ1v) is 12.8. The molecular formula is C24H21BrCl2N2O8. The van der Waals surface area contributed by atoms with Crippen LogP contribution in [0.15, 0.2) is 28.3 Å². The van der Waals surface area contributed by atoms with Crippen LogP contribution in [0.2, 0.25) is 0 Å². The zero-order valence-corrected chi connectivity index (χ0v) is 22.9. The lowest BCUT2D eigenvalue weighted by Crippen LogP contribution is -2.60. The fourth-order valence-corrected chi connectivity index (χ4v) is 7.78. The van der Waals surface area contributed by atoms with Crippen molar-refractivity contribution < 1.29 is 38.6 Å². The van der Waals surface area contributed by atoms with E-state index < -0.39 is 63.1 Å². The van der Waals surface area contributed by atoms with Gasteiger partial charge >= 0.3 is 6.09 Å². The minimum Gasteiger partial charge on any atom is -0.503 e. The molecule has 10 nitrogen and oxygen atoms in total. The highest BCUT2D eigenvalue weighted by Crippen LogP contribution is 2.65. The monoisotopic (exact) mass is 614 g/mol. The van der Waals surface area contributed by atoms with Crippen LogP contribution in [0.1, 0.15) is 24.3 Å². The molecule has 196 valence electrons. The first kappa shape index (κ1) is 26.0. The van der Waals surface area contributed by atoms with Crippen molar-refractivity contribution in [2.24, 2.45) is 17.8 Å². The lowest BCUT2D eigenvalue weighted by Gasteiger charge is -2.50. The second-order valence-electron chi connectivity index (χ2n) is 9.53. The number of benzene rings is 1. The number of alkyl halides is 2. The third-order valence-electron chi connectivity index (χ3n) is 7.98. The van der Waals surface area contributed by atoms with E-state index in [4.69, 9.17) is 27.9 Å². The summed E-state index contributed by atoms with van der Waals surface area (Å²) in [6, 6.07) is 3.03. The number of amides is 5. The summed E-state index contributed by atoms with van der Waals surface area (Å²) in [6.45, 7) is 0. The standard InChI is InChI=1S/C24H21BrCl2N2O8/c1-28-20(33)23(26)8-12-10(4-5-11-15(12)19(32)29(18(11)31)22(35)37-3)16(24(23,27)21(28)34)9-6-13(25)17(30)14(7-9)36-2/h4,6-7,11-12,15-16,30H,5,8H2,1-3H3/t11-,12+,15-,16-,23+,24-/m0/s1. The number of imide groups is 4. The molecule has 5 rings (SSSR count). The number of fused-ring (bicyclic) bond motifs is 4. The Morgan fingerprint density at radius 3 is 2.41 bits per heavy atom. The summed E-state index contributed by atoms with van der Waals surface area (Å²) in [6.07, 6.45) is 0.527. The summed E-state index contributed by atoms with van der Waals surface area (Å²) in [7, 11) is 3.70. The molecule has 1 aromatic rings.